The van der Waals surface area contributed by atoms with Crippen molar-refractivity contribution in [2.75, 3.05) is 5.73 Å². The molecular weight excluding hydrogens is 311 g/mol. The average molecular weight is 320 g/mol. The van der Waals surface area contributed by atoms with Crippen molar-refractivity contribution in [2.24, 2.45) is 0 Å². The molecule has 2 aromatic carbocycles. The molecule has 2 nitrogen and oxygen atoms in total. The third-order valence-corrected chi connectivity index (χ3v) is 4.32. The van der Waals surface area contributed by atoms with Crippen molar-refractivity contribution in [3.63, 3.8) is 0 Å². The monoisotopic (exact) mass is 319 g/mol. The predicted molar refractivity (Wildman–Crippen MR) is 72.3 cm³/mol. The molecule has 0 aromatic heterocycles. The normalized spacial score (nSPS) is 12.4. The summed E-state index contributed by atoms with van der Waals surface area (Å²) in [5, 5.41) is 0.0506. The lowest BCUT2D eigenvalue weighted by Crippen LogP contribution is -2.04. The Kier molecular flexibility index (Phi) is 4.35. The summed E-state index contributed by atoms with van der Waals surface area (Å²) in [6.07, 6.45) is 0. The highest BCUT2D eigenvalue weighted by atomic mass is 35.5. The van der Waals surface area contributed by atoms with Gasteiger partial charge in [-0.1, -0.05) is 17.7 Å². The number of nitrogen functional groups attached to an aromatic ring is 1. The molecule has 1 unspecified atom stereocenters. The van der Waals surface area contributed by atoms with Gasteiger partial charge in [0.2, 0.25) is 0 Å². The number of benzene rings is 2. The van der Waals surface area contributed by atoms with Gasteiger partial charge in [-0.3, -0.25) is 4.21 Å². The number of hydrogen-bond donors (Lipinski definition) is 1. The van der Waals surface area contributed by atoms with Gasteiger partial charge < -0.3 is 5.73 Å². The van der Waals surface area contributed by atoms with Crippen molar-refractivity contribution in [3.05, 3.63) is 58.4 Å². The zero-order chi connectivity index (χ0) is 14.9. The summed E-state index contributed by atoms with van der Waals surface area (Å²) < 4.78 is 52.2. The summed E-state index contributed by atoms with van der Waals surface area (Å²) in [7, 11) is -2.00. The molecule has 0 saturated carbocycles. The molecule has 2 N–H and O–H groups in total. The topological polar surface area (TPSA) is 43.1 Å². The van der Waals surface area contributed by atoms with Gasteiger partial charge in [-0.2, -0.15) is 0 Å². The maximum atomic E-state index is 13.6. The van der Waals surface area contributed by atoms with E-state index in [0.29, 0.717) is 5.56 Å². The second-order valence-electron chi connectivity index (χ2n) is 4.04. The van der Waals surface area contributed by atoms with Crippen LogP contribution in [0.3, 0.4) is 0 Å². The van der Waals surface area contributed by atoms with Crippen molar-refractivity contribution >= 4 is 28.1 Å². The predicted octanol–water partition coefficient (Wildman–Crippen LogP) is 3.65. The van der Waals surface area contributed by atoms with E-state index in [1.807, 2.05) is 0 Å². The van der Waals surface area contributed by atoms with Crippen LogP contribution in [0.15, 0.2) is 35.2 Å². The van der Waals surface area contributed by atoms with Crippen LogP contribution in [0.5, 0.6) is 0 Å². The molecule has 0 fully saturated rings. The Morgan fingerprint density at radius 3 is 2.25 bits per heavy atom. The molecule has 0 saturated heterocycles. The Labute approximate surface area is 120 Å². The summed E-state index contributed by atoms with van der Waals surface area (Å²) in [5.74, 6) is -2.75. The maximum absolute atomic E-state index is 13.6. The fraction of sp³-hybridized carbons (Fsp3) is 0.0769. The second kappa shape index (κ2) is 5.85. The summed E-state index contributed by atoms with van der Waals surface area (Å²) in [6, 6.07) is 5.28. The van der Waals surface area contributed by atoms with Crippen LogP contribution in [0.25, 0.3) is 0 Å². The number of halogens is 4. The highest BCUT2D eigenvalue weighted by molar-refractivity contribution is 7.84. The SMILES string of the molecule is Nc1cc(F)c(S(=O)Cc2ccc(F)cc2Cl)c(F)c1. The van der Waals surface area contributed by atoms with Crippen molar-refractivity contribution in [3.8, 4) is 0 Å². The van der Waals surface area contributed by atoms with Gasteiger partial charge in [0.25, 0.3) is 0 Å². The minimum Gasteiger partial charge on any atom is -0.399 e. The van der Waals surface area contributed by atoms with Crippen molar-refractivity contribution in [2.45, 2.75) is 10.6 Å². The molecule has 0 amide bonds. The second-order valence-corrected chi connectivity index (χ2v) is 5.83. The van der Waals surface area contributed by atoms with Gasteiger partial charge in [0.05, 0.1) is 16.6 Å². The first kappa shape index (κ1) is 14.9. The van der Waals surface area contributed by atoms with E-state index in [2.05, 4.69) is 0 Å². The van der Waals surface area contributed by atoms with Crippen LogP contribution in [-0.2, 0) is 16.6 Å². The van der Waals surface area contributed by atoms with Crippen LogP contribution in [0.4, 0.5) is 18.9 Å². The standard InChI is InChI=1S/C13H9ClF3NOS/c14-10-3-8(15)2-1-7(10)6-20(19)13-11(16)4-9(18)5-12(13)17/h1-5H,6,18H2. The largest absolute Gasteiger partial charge is 0.399 e. The van der Waals surface area contributed by atoms with Crippen LogP contribution in [0.1, 0.15) is 5.56 Å². The van der Waals surface area contributed by atoms with E-state index in [4.69, 9.17) is 17.3 Å². The Balaban J connectivity index is 2.33. The minimum absolute atomic E-state index is 0.0506. The molecule has 0 bridgehead atoms. The molecule has 0 aliphatic heterocycles. The van der Waals surface area contributed by atoms with E-state index in [0.717, 1.165) is 24.3 Å². The lowest BCUT2D eigenvalue weighted by Gasteiger charge is -2.08. The third kappa shape index (κ3) is 3.13. The van der Waals surface area contributed by atoms with Gasteiger partial charge in [-0.05, 0) is 29.8 Å². The highest BCUT2D eigenvalue weighted by Crippen LogP contribution is 2.25. The van der Waals surface area contributed by atoms with Gasteiger partial charge in [0, 0.05) is 10.7 Å². The lowest BCUT2D eigenvalue weighted by molar-refractivity contribution is 0.535. The maximum Gasteiger partial charge on any atom is 0.144 e. The molecule has 0 aliphatic rings. The summed E-state index contributed by atoms with van der Waals surface area (Å²) in [5.41, 5.74) is 5.52. The van der Waals surface area contributed by atoms with Crippen LogP contribution >= 0.6 is 11.6 Å². The number of anilines is 1. The zero-order valence-corrected chi connectivity index (χ0v) is 11.6. The van der Waals surface area contributed by atoms with E-state index >= 15 is 0 Å². The van der Waals surface area contributed by atoms with E-state index in [9.17, 15) is 17.4 Å². The fourth-order valence-corrected chi connectivity index (χ4v) is 3.19. The van der Waals surface area contributed by atoms with E-state index in [1.54, 1.807) is 0 Å². The Hall–Kier alpha value is -1.53. The van der Waals surface area contributed by atoms with Crippen LogP contribution < -0.4 is 5.73 Å². The molecule has 2 rings (SSSR count). The Morgan fingerprint density at radius 1 is 1.10 bits per heavy atom. The average Bonchev–Trinajstić information content (AvgIpc) is 2.31. The van der Waals surface area contributed by atoms with E-state index in [-0.39, 0.29) is 16.5 Å². The molecular formula is C13H9ClF3NOS. The summed E-state index contributed by atoms with van der Waals surface area (Å²) in [4.78, 5) is -0.570. The van der Waals surface area contributed by atoms with E-state index in [1.165, 1.54) is 6.07 Å². The molecule has 1 atom stereocenters. The first-order valence-electron chi connectivity index (χ1n) is 5.45. The number of nitrogens with two attached hydrogens (primary N) is 1. The third-order valence-electron chi connectivity index (χ3n) is 2.55. The first-order chi connectivity index (χ1) is 9.38. The molecule has 2 aromatic rings. The van der Waals surface area contributed by atoms with Crippen LogP contribution in [0.2, 0.25) is 5.02 Å². The van der Waals surface area contributed by atoms with Crippen molar-refractivity contribution in [1.82, 2.24) is 0 Å². The lowest BCUT2D eigenvalue weighted by atomic mass is 10.2. The van der Waals surface area contributed by atoms with Gasteiger partial charge in [-0.15, -0.1) is 0 Å². The van der Waals surface area contributed by atoms with Gasteiger partial charge in [0.1, 0.15) is 22.3 Å². The molecule has 0 heterocycles. The molecule has 0 aliphatic carbocycles. The minimum atomic E-state index is -2.00. The quantitative estimate of drug-likeness (QED) is 0.878. The molecule has 106 valence electrons. The van der Waals surface area contributed by atoms with Gasteiger partial charge >= 0.3 is 0 Å². The zero-order valence-electron chi connectivity index (χ0n) is 10.00. The smallest absolute Gasteiger partial charge is 0.144 e. The molecule has 0 spiro atoms. The first-order valence-corrected chi connectivity index (χ1v) is 7.15. The number of hydrogen-bond acceptors (Lipinski definition) is 2. The van der Waals surface area contributed by atoms with Crippen LogP contribution in [0, 0.1) is 17.5 Å². The molecule has 0 radical (unpaired) electrons. The van der Waals surface area contributed by atoms with Crippen LogP contribution in [-0.4, -0.2) is 4.21 Å². The Morgan fingerprint density at radius 2 is 1.70 bits per heavy atom. The van der Waals surface area contributed by atoms with Gasteiger partial charge in [0.15, 0.2) is 0 Å². The molecule has 7 heteroatoms. The van der Waals surface area contributed by atoms with E-state index < -0.39 is 33.1 Å². The summed E-state index contributed by atoms with van der Waals surface area (Å²) in [6.45, 7) is 0. The highest BCUT2D eigenvalue weighted by Gasteiger charge is 2.18. The number of rotatable bonds is 3. The summed E-state index contributed by atoms with van der Waals surface area (Å²) >= 11 is 5.78. The van der Waals surface area contributed by atoms with Crippen molar-refractivity contribution in [1.29, 1.82) is 0 Å². The van der Waals surface area contributed by atoms with Crippen molar-refractivity contribution < 1.29 is 17.4 Å². The fourth-order valence-electron chi connectivity index (χ4n) is 1.65. The molecule has 20 heavy (non-hydrogen) atoms. The Bertz CT molecular complexity index is 670. The van der Waals surface area contributed by atoms with Gasteiger partial charge in [-0.25, -0.2) is 13.2 Å².